The minimum absolute atomic E-state index is 0.235. The minimum atomic E-state index is -0.235. The smallest absolute Gasteiger partial charge is 0.309 e. The van der Waals surface area contributed by atoms with Gasteiger partial charge in [-0.15, -0.1) is 0 Å². The number of carbonyl (C=O) groups excluding carboxylic acids is 1. The van der Waals surface area contributed by atoms with Crippen molar-refractivity contribution in [2.75, 3.05) is 7.11 Å². The molecule has 0 aliphatic rings. The van der Waals surface area contributed by atoms with Gasteiger partial charge in [0.15, 0.2) is 0 Å². The number of methoxy groups -OCH3 is 1. The Labute approximate surface area is 95.2 Å². The second kappa shape index (κ2) is 4.67. The van der Waals surface area contributed by atoms with Crippen LogP contribution in [0.5, 0.6) is 0 Å². The summed E-state index contributed by atoms with van der Waals surface area (Å²) < 4.78 is 4.65. The summed E-state index contributed by atoms with van der Waals surface area (Å²) in [6.07, 6.45) is 0.286. The largest absolute Gasteiger partial charge is 0.469 e. The molecule has 0 unspecified atom stereocenters. The van der Waals surface area contributed by atoms with Gasteiger partial charge in [-0.25, -0.2) is 0 Å². The first-order chi connectivity index (χ1) is 6.97. The molecular weight excluding hydrogens is 212 g/mol. The van der Waals surface area contributed by atoms with Crippen LogP contribution in [0.25, 0.3) is 0 Å². The second-order valence-electron chi connectivity index (χ2n) is 3.68. The molecule has 0 aliphatic heterocycles. The zero-order valence-electron chi connectivity index (χ0n) is 9.48. The van der Waals surface area contributed by atoms with Crippen molar-refractivity contribution >= 4 is 17.6 Å². The third-order valence-electron chi connectivity index (χ3n) is 2.59. The van der Waals surface area contributed by atoms with Gasteiger partial charge in [0.2, 0.25) is 0 Å². The van der Waals surface area contributed by atoms with Gasteiger partial charge in [-0.05, 0) is 43.0 Å². The highest BCUT2D eigenvalue weighted by Crippen LogP contribution is 2.26. The lowest BCUT2D eigenvalue weighted by molar-refractivity contribution is -0.139. The fraction of sp³-hybridized carbons (Fsp3) is 0.417. The van der Waals surface area contributed by atoms with Crippen molar-refractivity contribution in [3.63, 3.8) is 0 Å². The summed E-state index contributed by atoms with van der Waals surface area (Å²) in [5.74, 6) is -0.235. The summed E-state index contributed by atoms with van der Waals surface area (Å²) >= 11 is 6.13. The number of benzene rings is 1. The molecule has 0 heterocycles. The van der Waals surface area contributed by atoms with Crippen molar-refractivity contribution in [3.05, 3.63) is 33.3 Å². The van der Waals surface area contributed by atoms with E-state index in [1.165, 1.54) is 7.11 Å². The Hall–Kier alpha value is -1.02. The molecule has 1 aromatic rings. The van der Waals surface area contributed by atoms with Crippen molar-refractivity contribution in [1.29, 1.82) is 0 Å². The highest BCUT2D eigenvalue weighted by Gasteiger charge is 2.12. The third kappa shape index (κ3) is 2.51. The average Bonchev–Trinajstić information content (AvgIpc) is 2.21. The van der Waals surface area contributed by atoms with E-state index >= 15 is 0 Å². The predicted molar refractivity (Wildman–Crippen MR) is 61.4 cm³/mol. The number of rotatable bonds is 2. The molecule has 0 aliphatic carbocycles. The Kier molecular flexibility index (Phi) is 3.75. The molecule has 0 bridgehead atoms. The van der Waals surface area contributed by atoms with Gasteiger partial charge in [-0.3, -0.25) is 4.79 Å². The summed E-state index contributed by atoms with van der Waals surface area (Å²) in [6, 6.07) is 1.99. The van der Waals surface area contributed by atoms with Gasteiger partial charge in [-0.2, -0.15) is 0 Å². The number of hydrogen-bond acceptors (Lipinski definition) is 2. The molecule has 1 aromatic carbocycles. The topological polar surface area (TPSA) is 26.3 Å². The summed E-state index contributed by atoms with van der Waals surface area (Å²) in [6.45, 7) is 5.87. The number of halogens is 1. The van der Waals surface area contributed by atoms with Crippen LogP contribution in [0.4, 0.5) is 0 Å². The van der Waals surface area contributed by atoms with E-state index in [1.54, 1.807) is 0 Å². The molecule has 0 amide bonds. The number of hydrogen-bond donors (Lipinski definition) is 0. The normalized spacial score (nSPS) is 10.2. The summed E-state index contributed by atoms with van der Waals surface area (Å²) in [5.41, 5.74) is 4.07. The Balaban J connectivity index is 3.18. The van der Waals surface area contributed by atoms with E-state index in [1.807, 2.05) is 26.8 Å². The first-order valence-corrected chi connectivity index (χ1v) is 5.17. The Bertz CT molecular complexity index is 397. The van der Waals surface area contributed by atoms with Crippen molar-refractivity contribution in [3.8, 4) is 0 Å². The van der Waals surface area contributed by atoms with Gasteiger partial charge in [0.1, 0.15) is 0 Å². The second-order valence-corrected chi connectivity index (χ2v) is 4.06. The van der Waals surface area contributed by atoms with E-state index < -0.39 is 0 Å². The lowest BCUT2D eigenvalue weighted by Gasteiger charge is -2.12. The molecule has 82 valence electrons. The van der Waals surface area contributed by atoms with Crippen LogP contribution < -0.4 is 0 Å². The van der Waals surface area contributed by atoms with Crippen molar-refractivity contribution in [2.45, 2.75) is 27.2 Å². The van der Waals surface area contributed by atoms with Gasteiger partial charge in [0.25, 0.3) is 0 Å². The van der Waals surface area contributed by atoms with Crippen molar-refractivity contribution < 1.29 is 9.53 Å². The van der Waals surface area contributed by atoms with E-state index in [0.717, 1.165) is 27.3 Å². The SMILES string of the molecule is COC(=O)Cc1c(C)cc(C)c(Cl)c1C. The van der Waals surface area contributed by atoms with Gasteiger partial charge in [-0.1, -0.05) is 17.7 Å². The number of carbonyl (C=O) groups is 1. The van der Waals surface area contributed by atoms with E-state index in [2.05, 4.69) is 4.74 Å². The lowest BCUT2D eigenvalue weighted by atomic mass is 9.97. The fourth-order valence-electron chi connectivity index (χ4n) is 1.69. The zero-order chi connectivity index (χ0) is 11.6. The maximum Gasteiger partial charge on any atom is 0.309 e. The van der Waals surface area contributed by atoms with Crippen LogP contribution in [0, 0.1) is 20.8 Å². The molecule has 3 heteroatoms. The molecule has 0 atom stereocenters. The van der Waals surface area contributed by atoms with Crippen LogP contribution in [0.2, 0.25) is 5.02 Å². The molecule has 0 fully saturated rings. The minimum Gasteiger partial charge on any atom is -0.469 e. The number of esters is 1. The highest BCUT2D eigenvalue weighted by atomic mass is 35.5. The maximum atomic E-state index is 11.2. The summed E-state index contributed by atoms with van der Waals surface area (Å²) in [7, 11) is 1.39. The van der Waals surface area contributed by atoms with Crippen molar-refractivity contribution in [2.24, 2.45) is 0 Å². The first-order valence-electron chi connectivity index (χ1n) is 4.79. The van der Waals surface area contributed by atoms with Gasteiger partial charge in [0.05, 0.1) is 13.5 Å². The fourth-order valence-corrected chi connectivity index (χ4v) is 1.86. The van der Waals surface area contributed by atoms with E-state index in [0.29, 0.717) is 0 Å². The third-order valence-corrected chi connectivity index (χ3v) is 3.17. The molecule has 0 aromatic heterocycles. The summed E-state index contributed by atoms with van der Waals surface area (Å²) in [4.78, 5) is 11.2. The Morgan fingerprint density at radius 1 is 1.33 bits per heavy atom. The number of aryl methyl sites for hydroxylation is 2. The lowest BCUT2D eigenvalue weighted by Crippen LogP contribution is -2.08. The van der Waals surface area contributed by atoms with Crippen LogP contribution >= 0.6 is 11.6 Å². The van der Waals surface area contributed by atoms with Crippen LogP contribution in [-0.4, -0.2) is 13.1 Å². The molecule has 2 nitrogen and oxygen atoms in total. The summed E-state index contributed by atoms with van der Waals surface area (Å²) in [5, 5.41) is 0.736. The molecular formula is C12H15ClO2. The van der Waals surface area contributed by atoms with Crippen LogP contribution in [0.15, 0.2) is 6.07 Å². The van der Waals surface area contributed by atoms with E-state index in [-0.39, 0.29) is 12.4 Å². The zero-order valence-corrected chi connectivity index (χ0v) is 10.2. The van der Waals surface area contributed by atoms with Crippen molar-refractivity contribution in [1.82, 2.24) is 0 Å². The Morgan fingerprint density at radius 3 is 2.47 bits per heavy atom. The molecule has 0 saturated heterocycles. The molecule has 0 N–H and O–H groups in total. The van der Waals surface area contributed by atoms with Crippen LogP contribution in [0.3, 0.4) is 0 Å². The monoisotopic (exact) mass is 226 g/mol. The standard InChI is InChI=1S/C12H15ClO2/c1-7-5-8(2)12(13)9(3)10(7)6-11(14)15-4/h5H,6H2,1-4H3. The van der Waals surface area contributed by atoms with Crippen LogP contribution in [0.1, 0.15) is 22.3 Å². The predicted octanol–water partition coefficient (Wildman–Crippen LogP) is 2.98. The quantitative estimate of drug-likeness (QED) is 0.725. The molecule has 0 radical (unpaired) electrons. The molecule has 1 rings (SSSR count). The molecule has 0 saturated carbocycles. The van der Waals surface area contributed by atoms with Gasteiger partial charge < -0.3 is 4.74 Å². The van der Waals surface area contributed by atoms with E-state index in [4.69, 9.17) is 11.6 Å². The molecule has 0 spiro atoms. The highest BCUT2D eigenvalue weighted by molar-refractivity contribution is 6.32. The average molecular weight is 227 g/mol. The maximum absolute atomic E-state index is 11.2. The van der Waals surface area contributed by atoms with E-state index in [9.17, 15) is 4.79 Å². The number of ether oxygens (including phenoxy) is 1. The first kappa shape index (κ1) is 12.1. The van der Waals surface area contributed by atoms with Gasteiger partial charge >= 0.3 is 5.97 Å². The Morgan fingerprint density at radius 2 is 1.93 bits per heavy atom. The molecule has 15 heavy (non-hydrogen) atoms. The van der Waals surface area contributed by atoms with Gasteiger partial charge in [0, 0.05) is 5.02 Å². The van der Waals surface area contributed by atoms with Crippen LogP contribution in [-0.2, 0) is 16.0 Å².